The molecule has 176 valence electrons. The molecule has 3 aromatic rings. The molecular formula is C26H27N3O5. The lowest BCUT2D eigenvalue weighted by atomic mass is 9.88. The molecule has 34 heavy (non-hydrogen) atoms. The molecule has 2 aromatic carbocycles. The summed E-state index contributed by atoms with van der Waals surface area (Å²) < 4.78 is 17.0. The van der Waals surface area contributed by atoms with Crippen molar-refractivity contribution < 1.29 is 23.8 Å². The Morgan fingerprint density at radius 3 is 2.50 bits per heavy atom. The topological polar surface area (TPSA) is 107 Å². The number of hydrogen-bond donors (Lipinski definition) is 2. The lowest BCUT2D eigenvalue weighted by molar-refractivity contribution is -0.159. The lowest BCUT2D eigenvalue weighted by Gasteiger charge is -2.30. The predicted molar refractivity (Wildman–Crippen MR) is 128 cm³/mol. The summed E-state index contributed by atoms with van der Waals surface area (Å²) in [5, 5.41) is 1.87. The summed E-state index contributed by atoms with van der Waals surface area (Å²) in [5.74, 6) is -1.000. The van der Waals surface area contributed by atoms with Crippen molar-refractivity contribution in [2.45, 2.75) is 25.0 Å². The first-order valence-electron chi connectivity index (χ1n) is 11.8. The zero-order chi connectivity index (χ0) is 23.3. The number of carbonyl (C=O) groups is 2. The van der Waals surface area contributed by atoms with Gasteiger partial charge in [-0.2, -0.15) is 0 Å². The molecule has 0 radical (unpaired) electrons. The van der Waals surface area contributed by atoms with Crippen LogP contribution >= 0.6 is 0 Å². The molecule has 2 amide bonds. The van der Waals surface area contributed by atoms with Gasteiger partial charge in [0.05, 0.1) is 37.5 Å². The molecule has 1 spiro atoms. The number of nitrogens with one attached hydrogen (secondary N) is 1. The first-order valence-corrected chi connectivity index (χ1v) is 11.8. The van der Waals surface area contributed by atoms with Gasteiger partial charge in [0.15, 0.2) is 5.79 Å². The maximum Gasteiger partial charge on any atom is 0.254 e. The van der Waals surface area contributed by atoms with Crippen molar-refractivity contribution in [3.05, 3.63) is 53.1 Å². The largest absolute Gasteiger partial charge is 0.378 e. The number of carbonyl (C=O) groups excluding carboxylic acids is 2. The summed E-state index contributed by atoms with van der Waals surface area (Å²) in [6, 6.07) is 9.61. The summed E-state index contributed by atoms with van der Waals surface area (Å²) in [7, 11) is 0. The van der Waals surface area contributed by atoms with Crippen molar-refractivity contribution >= 4 is 39.2 Å². The summed E-state index contributed by atoms with van der Waals surface area (Å²) in [5.41, 5.74) is 10.5. The number of aromatic nitrogens is 1. The van der Waals surface area contributed by atoms with Gasteiger partial charge < -0.3 is 29.8 Å². The van der Waals surface area contributed by atoms with Crippen LogP contribution < -0.4 is 5.73 Å². The molecule has 6 rings (SSSR count). The number of amides is 2. The van der Waals surface area contributed by atoms with E-state index in [2.05, 4.69) is 17.1 Å². The van der Waals surface area contributed by atoms with Gasteiger partial charge in [0.1, 0.15) is 0 Å². The fourth-order valence-electron chi connectivity index (χ4n) is 5.30. The third-order valence-electron chi connectivity index (χ3n) is 7.14. The third-order valence-corrected chi connectivity index (χ3v) is 7.14. The van der Waals surface area contributed by atoms with E-state index in [1.807, 2.05) is 24.3 Å². The molecule has 0 atom stereocenters. The average molecular weight is 462 g/mol. The van der Waals surface area contributed by atoms with Crippen LogP contribution in [-0.2, 0) is 14.2 Å². The molecule has 8 nitrogen and oxygen atoms in total. The van der Waals surface area contributed by atoms with Crippen LogP contribution in [0.1, 0.15) is 45.5 Å². The molecule has 2 aliphatic heterocycles. The van der Waals surface area contributed by atoms with Crippen LogP contribution in [0.2, 0.25) is 0 Å². The smallest absolute Gasteiger partial charge is 0.254 e. The number of allylic oxidation sites excluding steroid dienone is 1. The Morgan fingerprint density at radius 1 is 1.00 bits per heavy atom. The Balaban J connectivity index is 1.40. The van der Waals surface area contributed by atoms with Crippen molar-refractivity contribution in [2.24, 2.45) is 5.73 Å². The fraction of sp³-hybridized carbons (Fsp3) is 0.385. The van der Waals surface area contributed by atoms with E-state index in [0.29, 0.717) is 62.6 Å². The highest BCUT2D eigenvalue weighted by Crippen LogP contribution is 2.40. The minimum atomic E-state index is -0.496. The van der Waals surface area contributed by atoms with Gasteiger partial charge in [-0.3, -0.25) is 9.59 Å². The highest BCUT2D eigenvalue weighted by atomic mass is 16.7. The zero-order valence-corrected chi connectivity index (χ0v) is 18.9. The van der Waals surface area contributed by atoms with Gasteiger partial charge in [0.25, 0.3) is 11.8 Å². The number of fused-ring (bicyclic) bond motifs is 3. The Labute approximate surface area is 196 Å². The van der Waals surface area contributed by atoms with Crippen LogP contribution in [0.15, 0.2) is 36.4 Å². The monoisotopic (exact) mass is 461 g/mol. The van der Waals surface area contributed by atoms with E-state index in [9.17, 15) is 9.59 Å². The number of benzene rings is 2. The second-order valence-corrected chi connectivity index (χ2v) is 9.14. The summed E-state index contributed by atoms with van der Waals surface area (Å²) in [4.78, 5) is 30.5. The van der Waals surface area contributed by atoms with Gasteiger partial charge in [0.2, 0.25) is 0 Å². The third kappa shape index (κ3) is 3.58. The van der Waals surface area contributed by atoms with Gasteiger partial charge in [0, 0.05) is 47.8 Å². The van der Waals surface area contributed by atoms with Crippen LogP contribution in [0.25, 0.3) is 27.4 Å². The molecule has 3 N–H and O–H groups in total. The van der Waals surface area contributed by atoms with Gasteiger partial charge in [-0.15, -0.1) is 0 Å². The second-order valence-electron chi connectivity index (χ2n) is 9.14. The number of hydrogen-bond acceptors (Lipinski definition) is 5. The quantitative estimate of drug-likeness (QED) is 0.623. The van der Waals surface area contributed by atoms with E-state index in [1.165, 1.54) is 0 Å². The van der Waals surface area contributed by atoms with Crippen LogP contribution in [-0.4, -0.2) is 67.0 Å². The number of morpholine rings is 1. The van der Waals surface area contributed by atoms with Crippen molar-refractivity contribution in [1.82, 2.24) is 9.88 Å². The van der Waals surface area contributed by atoms with Crippen LogP contribution in [0.3, 0.4) is 0 Å². The molecular weight excluding hydrogens is 434 g/mol. The van der Waals surface area contributed by atoms with E-state index in [-0.39, 0.29) is 5.91 Å². The molecule has 2 fully saturated rings. The maximum atomic E-state index is 13.0. The van der Waals surface area contributed by atoms with Crippen molar-refractivity contribution in [1.29, 1.82) is 0 Å². The van der Waals surface area contributed by atoms with Crippen molar-refractivity contribution in [2.75, 3.05) is 39.5 Å². The molecule has 1 aliphatic carbocycles. The van der Waals surface area contributed by atoms with Crippen molar-refractivity contribution in [3.63, 3.8) is 0 Å². The number of aromatic amines is 1. The molecule has 2 saturated heterocycles. The molecule has 0 unspecified atom stereocenters. The molecule has 0 saturated carbocycles. The van der Waals surface area contributed by atoms with Gasteiger partial charge >= 0.3 is 0 Å². The van der Waals surface area contributed by atoms with Crippen molar-refractivity contribution in [3.8, 4) is 0 Å². The van der Waals surface area contributed by atoms with E-state index in [4.69, 9.17) is 19.9 Å². The van der Waals surface area contributed by atoms with E-state index >= 15 is 0 Å². The number of rotatable bonds is 3. The predicted octanol–water partition coefficient (Wildman–Crippen LogP) is 3.20. The highest BCUT2D eigenvalue weighted by molar-refractivity contribution is 6.16. The minimum Gasteiger partial charge on any atom is -0.378 e. The molecule has 3 aliphatic rings. The number of nitrogens with zero attached hydrogens (tertiary/aromatic N) is 1. The van der Waals surface area contributed by atoms with E-state index in [0.717, 1.165) is 40.3 Å². The first kappa shape index (κ1) is 21.3. The number of nitrogens with two attached hydrogens (primary N) is 1. The van der Waals surface area contributed by atoms with Gasteiger partial charge in [-0.05, 0) is 41.8 Å². The summed E-state index contributed by atoms with van der Waals surface area (Å²) >= 11 is 0. The first-order chi connectivity index (χ1) is 16.5. The maximum absolute atomic E-state index is 13.0. The second kappa shape index (κ2) is 8.23. The van der Waals surface area contributed by atoms with E-state index in [1.54, 1.807) is 4.90 Å². The average Bonchev–Trinajstić information content (AvgIpc) is 3.48. The normalized spacial score (nSPS) is 20.2. The fourth-order valence-corrected chi connectivity index (χ4v) is 5.30. The molecule has 0 bridgehead atoms. The molecule has 1 aromatic heterocycles. The number of ether oxygens (including phenoxy) is 3. The van der Waals surface area contributed by atoms with Gasteiger partial charge in [-0.1, -0.05) is 12.1 Å². The standard InChI is InChI=1S/C26H27N3O5/c27-24(30)21-14-18(16-3-5-26(6-4-16)33-11-12-34-26)13-20-19-2-1-17(15-22(19)28-23(20)21)25(31)29-7-9-32-10-8-29/h1-3,13-15,28H,4-12H2,(H2,27,30). The van der Waals surface area contributed by atoms with Crippen LogP contribution in [0, 0.1) is 0 Å². The lowest BCUT2D eigenvalue weighted by Crippen LogP contribution is -2.40. The SMILES string of the molecule is NC(=O)c1cc(C2=CCC3(CC2)OCCO3)cc2c1[nH]c1cc(C(=O)N3CCOCC3)ccc12. The minimum absolute atomic E-state index is 0.0164. The molecule has 8 heteroatoms. The molecule has 3 heterocycles. The van der Waals surface area contributed by atoms with E-state index < -0.39 is 11.7 Å². The summed E-state index contributed by atoms with van der Waals surface area (Å²) in [6.07, 6.45) is 4.41. The Kier molecular flexibility index (Phi) is 5.17. The van der Waals surface area contributed by atoms with Gasteiger partial charge in [-0.25, -0.2) is 0 Å². The summed E-state index contributed by atoms with van der Waals surface area (Å²) in [6.45, 7) is 3.55. The zero-order valence-electron chi connectivity index (χ0n) is 18.9. The Hall–Kier alpha value is -3.20. The Morgan fingerprint density at radius 2 is 1.79 bits per heavy atom. The Bertz CT molecular complexity index is 1330. The van der Waals surface area contributed by atoms with Crippen LogP contribution in [0.4, 0.5) is 0 Å². The number of H-pyrrole nitrogens is 1. The number of primary amides is 1. The van der Waals surface area contributed by atoms with Crippen LogP contribution in [0.5, 0.6) is 0 Å². The highest BCUT2D eigenvalue weighted by Gasteiger charge is 2.37.